The van der Waals surface area contributed by atoms with Gasteiger partial charge in [-0.15, -0.1) is 0 Å². The van der Waals surface area contributed by atoms with Crippen LogP contribution in [-0.2, 0) is 6.54 Å². The molecule has 2 heterocycles. The number of hydrogen-bond acceptors (Lipinski definition) is 1. The Hall–Kier alpha value is -1.97. The molecule has 21 heavy (non-hydrogen) atoms. The summed E-state index contributed by atoms with van der Waals surface area (Å²) >= 11 is 0. The lowest BCUT2D eigenvalue weighted by Crippen LogP contribution is -2.45. The first-order valence-electron chi connectivity index (χ1n) is 7.78. The standard InChI is InChI=1S/C17H24N4/c1-13-6-5-9-21(12-13)17(18-2)19-11-15-10-14-7-3-4-8-16(14)20-15/h3-4,7-8,10,13,20H,5-6,9,11-12H2,1-2H3,(H,18,19). The number of aromatic nitrogens is 1. The van der Waals surface area contributed by atoms with Crippen LogP contribution in [0.2, 0.25) is 0 Å². The summed E-state index contributed by atoms with van der Waals surface area (Å²) in [6.45, 7) is 5.31. The van der Waals surface area contributed by atoms with Crippen LogP contribution in [0.25, 0.3) is 10.9 Å². The molecule has 0 aliphatic carbocycles. The van der Waals surface area contributed by atoms with Crippen molar-refractivity contribution >= 4 is 16.9 Å². The van der Waals surface area contributed by atoms with E-state index in [4.69, 9.17) is 0 Å². The van der Waals surface area contributed by atoms with Crippen LogP contribution in [0.5, 0.6) is 0 Å². The van der Waals surface area contributed by atoms with Crippen molar-refractivity contribution in [1.29, 1.82) is 0 Å². The number of hydrogen-bond donors (Lipinski definition) is 2. The van der Waals surface area contributed by atoms with Gasteiger partial charge in [0.25, 0.3) is 0 Å². The van der Waals surface area contributed by atoms with Gasteiger partial charge in [0, 0.05) is 31.3 Å². The minimum Gasteiger partial charge on any atom is -0.357 e. The van der Waals surface area contributed by atoms with Gasteiger partial charge >= 0.3 is 0 Å². The van der Waals surface area contributed by atoms with Crippen LogP contribution in [0, 0.1) is 5.92 Å². The highest BCUT2D eigenvalue weighted by Gasteiger charge is 2.19. The van der Waals surface area contributed by atoms with E-state index in [1.807, 2.05) is 7.05 Å². The Bertz CT molecular complexity index is 596. The molecule has 3 rings (SSSR count). The summed E-state index contributed by atoms with van der Waals surface area (Å²) in [4.78, 5) is 10.3. The number of para-hydroxylation sites is 1. The summed E-state index contributed by atoms with van der Waals surface area (Å²) in [7, 11) is 1.87. The van der Waals surface area contributed by atoms with E-state index in [0.717, 1.165) is 31.5 Å². The molecular formula is C17H24N4. The van der Waals surface area contributed by atoms with Crippen molar-refractivity contribution in [3.8, 4) is 0 Å². The Kier molecular flexibility index (Phi) is 4.13. The molecule has 0 spiro atoms. The predicted octanol–water partition coefficient (Wildman–Crippen LogP) is 2.98. The monoisotopic (exact) mass is 284 g/mol. The van der Waals surface area contributed by atoms with Crippen LogP contribution >= 0.6 is 0 Å². The molecule has 1 aliphatic heterocycles. The van der Waals surface area contributed by atoms with Gasteiger partial charge in [-0.2, -0.15) is 0 Å². The summed E-state index contributed by atoms with van der Waals surface area (Å²) in [6.07, 6.45) is 2.59. The Morgan fingerprint density at radius 1 is 1.43 bits per heavy atom. The van der Waals surface area contributed by atoms with Crippen molar-refractivity contribution in [1.82, 2.24) is 15.2 Å². The van der Waals surface area contributed by atoms with Crippen molar-refractivity contribution in [2.45, 2.75) is 26.3 Å². The quantitative estimate of drug-likeness (QED) is 0.658. The molecule has 1 unspecified atom stereocenters. The molecule has 4 nitrogen and oxygen atoms in total. The molecule has 2 aromatic rings. The fraction of sp³-hybridized carbons (Fsp3) is 0.471. The normalized spacial score (nSPS) is 20.0. The second kappa shape index (κ2) is 6.20. The summed E-state index contributed by atoms with van der Waals surface area (Å²) < 4.78 is 0. The van der Waals surface area contributed by atoms with Crippen molar-refractivity contribution in [2.75, 3.05) is 20.1 Å². The molecule has 1 fully saturated rings. The molecule has 112 valence electrons. The number of piperidine rings is 1. The van der Waals surface area contributed by atoms with Gasteiger partial charge in [0.2, 0.25) is 0 Å². The molecule has 0 amide bonds. The maximum absolute atomic E-state index is 4.43. The Labute approximate surface area is 126 Å². The minimum absolute atomic E-state index is 0.755. The van der Waals surface area contributed by atoms with Gasteiger partial charge in [0.05, 0.1) is 6.54 Å². The average Bonchev–Trinajstić information content (AvgIpc) is 2.91. The zero-order chi connectivity index (χ0) is 14.7. The van der Waals surface area contributed by atoms with Crippen molar-refractivity contribution < 1.29 is 0 Å². The van der Waals surface area contributed by atoms with E-state index in [2.05, 4.69) is 57.4 Å². The van der Waals surface area contributed by atoms with E-state index in [-0.39, 0.29) is 0 Å². The number of likely N-dealkylation sites (tertiary alicyclic amines) is 1. The number of fused-ring (bicyclic) bond motifs is 1. The van der Waals surface area contributed by atoms with Crippen LogP contribution in [-0.4, -0.2) is 36.0 Å². The van der Waals surface area contributed by atoms with E-state index < -0.39 is 0 Å². The third-order valence-electron chi connectivity index (χ3n) is 4.19. The molecule has 1 atom stereocenters. The number of benzene rings is 1. The lowest BCUT2D eigenvalue weighted by atomic mass is 10.0. The number of H-pyrrole nitrogens is 1. The molecule has 1 aromatic carbocycles. The first kappa shape index (κ1) is 14.0. The lowest BCUT2D eigenvalue weighted by Gasteiger charge is -2.33. The number of aromatic amines is 1. The lowest BCUT2D eigenvalue weighted by molar-refractivity contribution is 0.266. The predicted molar refractivity (Wildman–Crippen MR) is 88.5 cm³/mol. The number of guanidine groups is 1. The van der Waals surface area contributed by atoms with Crippen LogP contribution in [0.3, 0.4) is 0 Å². The van der Waals surface area contributed by atoms with E-state index in [1.54, 1.807) is 0 Å². The van der Waals surface area contributed by atoms with Gasteiger partial charge in [-0.25, -0.2) is 0 Å². The fourth-order valence-corrected chi connectivity index (χ4v) is 3.12. The summed E-state index contributed by atoms with van der Waals surface area (Å²) in [5, 5.41) is 4.74. The largest absolute Gasteiger partial charge is 0.357 e. The molecule has 2 N–H and O–H groups in total. The molecular weight excluding hydrogens is 260 g/mol. The highest BCUT2D eigenvalue weighted by molar-refractivity contribution is 5.81. The molecule has 1 aromatic heterocycles. The van der Waals surface area contributed by atoms with Crippen LogP contribution in [0.1, 0.15) is 25.5 Å². The molecule has 1 aliphatic rings. The van der Waals surface area contributed by atoms with Crippen LogP contribution in [0.15, 0.2) is 35.3 Å². The second-order valence-corrected chi connectivity index (χ2v) is 5.98. The van der Waals surface area contributed by atoms with Crippen molar-refractivity contribution in [3.05, 3.63) is 36.0 Å². The number of rotatable bonds is 2. The Morgan fingerprint density at radius 3 is 3.05 bits per heavy atom. The summed E-state index contributed by atoms with van der Waals surface area (Å²) in [5.41, 5.74) is 2.39. The molecule has 0 bridgehead atoms. The van der Waals surface area contributed by atoms with Crippen LogP contribution < -0.4 is 5.32 Å². The number of aliphatic imine (C=N–C) groups is 1. The smallest absolute Gasteiger partial charge is 0.193 e. The summed E-state index contributed by atoms with van der Waals surface area (Å²) in [5.74, 6) is 1.77. The highest BCUT2D eigenvalue weighted by Crippen LogP contribution is 2.16. The average molecular weight is 284 g/mol. The van der Waals surface area contributed by atoms with E-state index >= 15 is 0 Å². The Balaban J connectivity index is 1.65. The third-order valence-corrected chi connectivity index (χ3v) is 4.19. The topological polar surface area (TPSA) is 43.4 Å². The first-order valence-corrected chi connectivity index (χ1v) is 7.78. The van der Waals surface area contributed by atoms with Crippen molar-refractivity contribution in [2.24, 2.45) is 10.9 Å². The maximum atomic E-state index is 4.43. The minimum atomic E-state index is 0.755. The van der Waals surface area contributed by atoms with Gasteiger partial charge in [0.15, 0.2) is 5.96 Å². The SMILES string of the molecule is CN=C(NCc1cc2ccccc2[nH]1)N1CCCC(C)C1. The number of nitrogens with one attached hydrogen (secondary N) is 2. The summed E-state index contributed by atoms with van der Waals surface area (Å²) in [6, 6.07) is 10.6. The van der Waals surface area contributed by atoms with E-state index in [9.17, 15) is 0 Å². The zero-order valence-corrected chi connectivity index (χ0v) is 12.9. The van der Waals surface area contributed by atoms with Gasteiger partial charge in [-0.1, -0.05) is 25.1 Å². The van der Waals surface area contributed by atoms with Gasteiger partial charge in [-0.05, 0) is 36.3 Å². The molecule has 4 heteroatoms. The van der Waals surface area contributed by atoms with E-state index in [0.29, 0.717) is 0 Å². The Morgan fingerprint density at radius 2 is 2.29 bits per heavy atom. The van der Waals surface area contributed by atoms with Crippen molar-refractivity contribution in [3.63, 3.8) is 0 Å². The van der Waals surface area contributed by atoms with Gasteiger partial charge < -0.3 is 15.2 Å². The van der Waals surface area contributed by atoms with Crippen LogP contribution in [0.4, 0.5) is 0 Å². The van der Waals surface area contributed by atoms with Gasteiger partial charge in [-0.3, -0.25) is 4.99 Å². The number of nitrogens with zero attached hydrogens (tertiary/aromatic N) is 2. The zero-order valence-electron chi connectivity index (χ0n) is 12.9. The molecule has 0 saturated carbocycles. The fourth-order valence-electron chi connectivity index (χ4n) is 3.12. The molecule has 0 radical (unpaired) electrons. The third kappa shape index (κ3) is 3.20. The first-order chi connectivity index (χ1) is 10.3. The van der Waals surface area contributed by atoms with Gasteiger partial charge in [0.1, 0.15) is 0 Å². The maximum Gasteiger partial charge on any atom is 0.193 e. The molecule has 1 saturated heterocycles. The second-order valence-electron chi connectivity index (χ2n) is 5.98. The van der Waals surface area contributed by atoms with E-state index in [1.165, 1.54) is 29.4 Å². The highest BCUT2D eigenvalue weighted by atomic mass is 15.3.